The fourth-order valence-electron chi connectivity index (χ4n) is 3.03. The SMILES string of the molecule is CC(C)c1ccccc1C(O)(c1ccccc1)c1ccccn1. The second-order valence-corrected chi connectivity index (χ2v) is 6.03. The van der Waals surface area contributed by atoms with E-state index < -0.39 is 5.60 Å². The van der Waals surface area contributed by atoms with Crippen LogP contribution in [0.5, 0.6) is 0 Å². The topological polar surface area (TPSA) is 33.1 Å². The van der Waals surface area contributed by atoms with Crippen molar-refractivity contribution in [2.24, 2.45) is 0 Å². The molecule has 1 atom stereocenters. The van der Waals surface area contributed by atoms with Gasteiger partial charge in [-0.2, -0.15) is 0 Å². The Morgan fingerprint density at radius 1 is 0.826 bits per heavy atom. The fourth-order valence-corrected chi connectivity index (χ4v) is 3.03. The van der Waals surface area contributed by atoms with Crippen LogP contribution in [0.25, 0.3) is 0 Å². The summed E-state index contributed by atoms with van der Waals surface area (Å²) in [4.78, 5) is 4.45. The van der Waals surface area contributed by atoms with Crippen LogP contribution in [-0.2, 0) is 5.60 Å². The maximum Gasteiger partial charge on any atom is 0.157 e. The monoisotopic (exact) mass is 303 g/mol. The highest BCUT2D eigenvalue weighted by atomic mass is 16.3. The van der Waals surface area contributed by atoms with Crippen molar-refractivity contribution >= 4 is 0 Å². The summed E-state index contributed by atoms with van der Waals surface area (Å²) in [5.41, 5.74) is 2.22. The number of aromatic nitrogens is 1. The molecule has 2 nitrogen and oxygen atoms in total. The third kappa shape index (κ3) is 2.78. The average molecular weight is 303 g/mol. The first-order valence-corrected chi connectivity index (χ1v) is 7.93. The van der Waals surface area contributed by atoms with E-state index in [1.807, 2.05) is 66.7 Å². The number of rotatable bonds is 4. The summed E-state index contributed by atoms with van der Waals surface area (Å²) >= 11 is 0. The molecule has 23 heavy (non-hydrogen) atoms. The van der Waals surface area contributed by atoms with E-state index in [1.54, 1.807) is 6.20 Å². The van der Waals surface area contributed by atoms with Crippen molar-refractivity contribution in [3.8, 4) is 0 Å². The summed E-state index contributed by atoms with van der Waals surface area (Å²) in [6, 6.07) is 23.5. The van der Waals surface area contributed by atoms with Gasteiger partial charge in [-0.1, -0.05) is 74.5 Å². The first-order chi connectivity index (χ1) is 11.1. The number of hydrogen-bond acceptors (Lipinski definition) is 2. The molecule has 1 unspecified atom stereocenters. The van der Waals surface area contributed by atoms with Crippen LogP contribution in [0.2, 0.25) is 0 Å². The van der Waals surface area contributed by atoms with Crippen LogP contribution in [0.15, 0.2) is 79.0 Å². The Hall–Kier alpha value is -2.45. The van der Waals surface area contributed by atoms with E-state index in [1.165, 1.54) is 0 Å². The highest BCUT2D eigenvalue weighted by Gasteiger charge is 2.37. The Morgan fingerprint density at radius 2 is 1.48 bits per heavy atom. The molecule has 2 heteroatoms. The largest absolute Gasteiger partial charge is 0.374 e. The van der Waals surface area contributed by atoms with Crippen molar-refractivity contribution < 1.29 is 5.11 Å². The van der Waals surface area contributed by atoms with E-state index >= 15 is 0 Å². The molecule has 3 rings (SSSR count). The third-order valence-corrected chi connectivity index (χ3v) is 4.20. The number of aliphatic hydroxyl groups is 1. The van der Waals surface area contributed by atoms with Gasteiger partial charge in [0.2, 0.25) is 0 Å². The third-order valence-electron chi connectivity index (χ3n) is 4.20. The molecule has 0 saturated heterocycles. The van der Waals surface area contributed by atoms with E-state index in [0.717, 1.165) is 16.7 Å². The molecule has 1 heterocycles. The zero-order valence-electron chi connectivity index (χ0n) is 13.5. The molecular formula is C21H21NO. The second kappa shape index (κ2) is 6.35. The molecule has 0 saturated carbocycles. The second-order valence-electron chi connectivity index (χ2n) is 6.03. The van der Waals surface area contributed by atoms with Gasteiger partial charge in [0.15, 0.2) is 5.60 Å². The standard InChI is InChI=1S/C21H21NO/c1-16(2)18-12-6-7-13-19(18)21(23,17-10-4-3-5-11-17)20-14-8-9-15-22-20/h3-16,23H,1-2H3. The molecule has 0 aliphatic rings. The lowest BCUT2D eigenvalue weighted by atomic mass is 9.78. The lowest BCUT2D eigenvalue weighted by Gasteiger charge is -2.31. The molecule has 0 spiro atoms. The van der Waals surface area contributed by atoms with Crippen molar-refractivity contribution in [3.05, 3.63) is 101 Å². The maximum absolute atomic E-state index is 11.8. The van der Waals surface area contributed by atoms with Gasteiger partial charge in [0.1, 0.15) is 0 Å². The van der Waals surface area contributed by atoms with Gasteiger partial charge < -0.3 is 5.11 Å². The number of hydrogen-bond donors (Lipinski definition) is 1. The highest BCUT2D eigenvalue weighted by molar-refractivity contribution is 5.48. The van der Waals surface area contributed by atoms with Gasteiger partial charge in [0, 0.05) is 6.20 Å². The van der Waals surface area contributed by atoms with E-state index in [0.29, 0.717) is 11.6 Å². The van der Waals surface area contributed by atoms with E-state index in [4.69, 9.17) is 0 Å². The van der Waals surface area contributed by atoms with Crippen molar-refractivity contribution in [1.29, 1.82) is 0 Å². The summed E-state index contributed by atoms with van der Waals surface area (Å²) in [5.74, 6) is 0.310. The Morgan fingerprint density at radius 3 is 2.13 bits per heavy atom. The molecule has 0 aliphatic heterocycles. The van der Waals surface area contributed by atoms with Crippen molar-refractivity contribution in [2.75, 3.05) is 0 Å². The molecule has 1 aromatic heterocycles. The summed E-state index contributed by atoms with van der Waals surface area (Å²) in [6.07, 6.45) is 1.72. The summed E-state index contributed by atoms with van der Waals surface area (Å²) in [5, 5.41) is 11.8. The Labute approximate surface area is 137 Å². The minimum atomic E-state index is -1.26. The number of benzene rings is 2. The highest BCUT2D eigenvalue weighted by Crippen LogP contribution is 2.39. The molecule has 2 aromatic carbocycles. The molecule has 116 valence electrons. The summed E-state index contributed by atoms with van der Waals surface area (Å²) in [7, 11) is 0. The van der Waals surface area contributed by atoms with Crippen LogP contribution >= 0.6 is 0 Å². The Balaban J connectivity index is 2.30. The Bertz CT molecular complexity index is 727. The summed E-state index contributed by atoms with van der Waals surface area (Å²) in [6.45, 7) is 4.28. The molecule has 0 bridgehead atoms. The minimum absolute atomic E-state index is 0.310. The van der Waals surface area contributed by atoms with Crippen LogP contribution in [-0.4, -0.2) is 10.1 Å². The zero-order valence-corrected chi connectivity index (χ0v) is 13.5. The predicted molar refractivity (Wildman–Crippen MR) is 93.3 cm³/mol. The molecule has 3 aromatic rings. The van der Waals surface area contributed by atoms with Gasteiger partial charge in [-0.15, -0.1) is 0 Å². The average Bonchev–Trinajstić information content (AvgIpc) is 2.62. The fraction of sp³-hybridized carbons (Fsp3) is 0.190. The Kier molecular flexibility index (Phi) is 4.26. The van der Waals surface area contributed by atoms with E-state index in [-0.39, 0.29) is 0 Å². The molecular weight excluding hydrogens is 282 g/mol. The lowest BCUT2D eigenvalue weighted by Crippen LogP contribution is -2.31. The first kappa shape index (κ1) is 15.4. The van der Waals surface area contributed by atoms with Gasteiger partial charge in [-0.3, -0.25) is 4.98 Å². The quantitative estimate of drug-likeness (QED) is 0.770. The number of nitrogens with zero attached hydrogens (tertiary/aromatic N) is 1. The first-order valence-electron chi connectivity index (χ1n) is 7.93. The zero-order chi connectivity index (χ0) is 16.3. The molecule has 0 aliphatic carbocycles. The molecule has 0 radical (unpaired) electrons. The van der Waals surface area contributed by atoms with Gasteiger partial charge in [0.05, 0.1) is 5.69 Å². The smallest absolute Gasteiger partial charge is 0.157 e. The van der Waals surface area contributed by atoms with Crippen LogP contribution in [0.1, 0.15) is 42.1 Å². The van der Waals surface area contributed by atoms with Crippen LogP contribution in [0.4, 0.5) is 0 Å². The molecule has 0 amide bonds. The van der Waals surface area contributed by atoms with Gasteiger partial charge >= 0.3 is 0 Å². The minimum Gasteiger partial charge on any atom is -0.374 e. The van der Waals surface area contributed by atoms with Crippen LogP contribution < -0.4 is 0 Å². The normalized spacial score (nSPS) is 13.7. The van der Waals surface area contributed by atoms with Gasteiger partial charge in [-0.05, 0) is 34.7 Å². The van der Waals surface area contributed by atoms with E-state index in [9.17, 15) is 5.11 Å². The predicted octanol–water partition coefficient (Wildman–Crippen LogP) is 4.49. The van der Waals surface area contributed by atoms with Gasteiger partial charge in [-0.25, -0.2) is 0 Å². The van der Waals surface area contributed by atoms with Crippen molar-refractivity contribution in [3.63, 3.8) is 0 Å². The van der Waals surface area contributed by atoms with Crippen molar-refractivity contribution in [1.82, 2.24) is 4.98 Å². The van der Waals surface area contributed by atoms with Crippen LogP contribution in [0.3, 0.4) is 0 Å². The van der Waals surface area contributed by atoms with E-state index in [2.05, 4.69) is 24.9 Å². The maximum atomic E-state index is 11.8. The van der Waals surface area contributed by atoms with Crippen LogP contribution in [0, 0.1) is 0 Å². The lowest BCUT2D eigenvalue weighted by molar-refractivity contribution is 0.119. The number of pyridine rings is 1. The molecule has 0 fully saturated rings. The van der Waals surface area contributed by atoms with Gasteiger partial charge in [0.25, 0.3) is 0 Å². The van der Waals surface area contributed by atoms with Crippen molar-refractivity contribution in [2.45, 2.75) is 25.4 Å². The molecule has 1 N–H and O–H groups in total. The summed E-state index contributed by atoms with van der Waals surface area (Å²) < 4.78 is 0.